The van der Waals surface area contributed by atoms with Gasteiger partial charge >= 0.3 is 0 Å². The van der Waals surface area contributed by atoms with Gasteiger partial charge in [-0.05, 0) is 34.7 Å². The average molecular weight is 259 g/mol. The van der Waals surface area contributed by atoms with Crippen LogP contribution in [-0.4, -0.2) is 0 Å². The molecular formula is C20H19. The molecule has 0 heteroatoms. The van der Waals surface area contributed by atoms with Crippen LogP contribution in [0.1, 0.15) is 24.5 Å². The van der Waals surface area contributed by atoms with E-state index in [1.807, 2.05) is 0 Å². The number of aryl methyl sites for hydroxylation is 1. The maximum absolute atomic E-state index is 2.31. The highest BCUT2D eigenvalue weighted by Crippen LogP contribution is 2.22. The Balaban J connectivity index is 1.70. The Morgan fingerprint density at radius 2 is 1.45 bits per heavy atom. The molecule has 0 aliphatic heterocycles. The van der Waals surface area contributed by atoms with Crippen molar-refractivity contribution < 1.29 is 0 Å². The molecular weight excluding hydrogens is 240 g/mol. The molecule has 0 atom stereocenters. The number of hydrogen-bond acceptors (Lipinski definition) is 0. The molecule has 0 amide bonds. The number of hydrogen-bond donors (Lipinski definition) is 0. The molecule has 0 aliphatic rings. The largest absolute Gasteiger partial charge is 0.0622 e. The molecule has 0 aromatic heterocycles. The van der Waals surface area contributed by atoms with Gasteiger partial charge in [0, 0.05) is 5.92 Å². The monoisotopic (exact) mass is 259 g/mol. The second-order valence-electron chi connectivity index (χ2n) is 5.33. The molecule has 99 valence electrons. The molecule has 0 saturated carbocycles. The van der Waals surface area contributed by atoms with Crippen LogP contribution in [0.15, 0.2) is 72.8 Å². The Hall–Kier alpha value is -2.08. The standard InChI is InChI=1S/C20H19/c1-16(18-7-3-2-4-8-18)11-12-17-13-14-19-9-5-6-10-20(19)15-17/h2-10,13-15H,11-12H2,1H3. The van der Waals surface area contributed by atoms with Crippen molar-refractivity contribution in [2.75, 3.05) is 0 Å². The third-order valence-electron chi connectivity index (χ3n) is 3.87. The topological polar surface area (TPSA) is 0 Å². The molecule has 1 radical (unpaired) electrons. The third kappa shape index (κ3) is 2.91. The minimum absolute atomic E-state index is 1.10. The lowest BCUT2D eigenvalue weighted by Crippen LogP contribution is -1.97. The zero-order chi connectivity index (χ0) is 13.8. The van der Waals surface area contributed by atoms with Gasteiger partial charge in [0.15, 0.2) is 0 Å². The van der Waals surface area contributed by atoms with Gasteiger partial charge in [-0.3, -0.25) is 0 Å². The fraction of sp³-hybridized carbons (Fsp3) is 0.150. The van der Waals surface area contributed by atoms with Crippen molar-refractivity contribution in [3.63, 3.8) is 0 Å². The first-order chi connectivity index (χ1) is 9.83. The van der Waals surface area contributed by atoms with Gasteiger partial charge in [0.05, 0.1) is 0 Å². The SMILES string of the molecule is C[C](CCc1ccc2ccccc2c1)c1ccccc1. The molecule has 0 unspecified atom stereocenters. The second-order valence-corrected chi connectivity index (χ2v) is 5.33. The van der Waals surface area contributed by atoms with Crippen LogP contribution in [0.25, 0.3) is 10.8 Å². The summed E-state index contributed by atoms with van der Waals surface area (Å²) in [7, 11) is 0. The first-order valence-corrected chi connectivity index (χ1v) is 7.18. The van der Waals surface area contributed by atoms with Gasteiger partial charge in [-0.2, -0.15) is 0 Å². The van der Waals surface area contributed by atoms with E-state index in [2.05, 4.69) is 79.7 Å². The van der Waals surface area contributed by atoms with Crippen LogP contribution >= 0.6 is 0 Å². The van der Waals surface area contributed by atoms with E-state index in [9.17, 15) is 0 Å². The second kappa shape index (κ2) is 5.92. The molecule has 0 nitrogen and oxygen atoms in total. The Kier molecular flexibility index (Phi) is 3.83. The lowest BCUT2D eigenvalue weighted by Gasteiger charge is -2.11. The summed E-state index contributed by atoms with van der Waals surface area (Å²) < 4.78 is 0. The summed E-state index contributed by atoms with van der Waals surface area (Å²) >= 11 is 0. The first kappa shape index (κ1) is 12.9. The van der Waals surface area contributed by atoms with E-state index in [0.29, 0.717) is 0 Å². The predicted molar refractivity (Wildman–Crippen MR) is 86.7 cm³/mol. The van der Waals surface area contributed by atoms with E-state index in [4.69, 9.17) is 0 Å². The van der Waals surface area contributed by atoms with Crippen LogP contribution < -0.4 is 0 Å². The fourth-order valence-electron chi connectivity index (χ4n) is 2.59. The average Bonchev–Trinajstić information content (AvgIpc) is 2.53. The van der Waals surface area contributed by atoms with Gasteiger partial charge in [0.25, 0.3) is 0 Å². The lowest BCUT2D eigenvalue weighted by molar-refractivity contribution is 0.856. The molecule has 0 N–H and O–H groups in total. The fourth-order valence-corrected chi connectivity index (χ4v) is 2.59. The van der Waals surface area contributed by atoms with E-state index < -0.39 is 0 Å². The molecule has 0 bridgehead atoms. The molecule has 0 aliphatic carbocycles. The lowest BCUT2D eigenvalue weighted by atomic mass is 9.93. The summed E-state index contributed by atoms with van der Waals surface area (Å²) in [6.45, 7) is 2.23. The molecule has 0 saturated heterocycles. The quantitative estimate of drug-likeness (QED) is 0.587. The Labute approximate surface area is 121 Å². The molecule has 3 rings (SSSR count). The van der Waals surface area contributed by atoms with Gasteiger partial charge < -0.3 is 0 Å². The summed E-state index contributed by atoms with van der Waals surface area (Å²) in [4.78, 5) is 0. The van der Waals surface area contributed by atoms with Gasteiger partial charge in [-0.15, -0.1) is 0 Å². The minimum Gasteiger partial charge on any atom is -0.0622 e. The third-order valence-corrected chi connectivity index (χ3v) is 3.87. The molecule has 0 spiro atoms. The highest BCUT2D eigenvalue weighted by Gasteiger charge is 2.06. The maximum atomic E-state index is 2.31. The van der Waals surface area contributed by atoms with E-state index in [0.717, 1.165) is 12.8 Å². The zero-order valence-corrected chi connectivity index (χ0v) is 11.8. The first-order valence-electron chi connectivity index (χ1n) is 7.18. The molecule has 20 heavy (non-hydrogen) atoms. The summed E-state index contributed by atoms with van der Waals surface area (Å²) in [6.07, 6.45) is 2.22. The molecule has 0 fully saturated rings. The van der Waals surface area contributed by atoms with Crippen LogP contribution in [0.2, 0.25) is 0 Å². The van der Waals surface area contributed by atoms with E-state index in [1.165, 1.54) is 27.8 Å². The Morgan fingerprint density at radius 3 is 2.25 bits per heavy atom. The van der Waals surface area contributed by atoms with Crippen LogP contribution in [0.3, 0.4) is 0 Å². The smallest absolute Gasteiger partial charge is 0.00221 e. The van der Waals surface area contributed by atoms with E-state index >= 15 is 0 Å². The van der Waals surface area contributed by atoms with E-state index in [-0.39, 0.29) is 0 Å². The summed E-state index contributed by atoms with van der Waals surface area (Å²) in [5, 5.41) is 2.65. The van der Waals surface area contributed by atoms with Crippen molar-refractivity contribution in [2.45, 2.75) is 19.8 Å². The van der Waals surface area contributed by atoms with Crippen LogP contribution in [0, 0.1) is 5.92 Å². The Bertz CT molecular complexity index is 682. The zero-order valence-electron chi connectivity index (χ0n) is 11.8. The van der Waals surface area contributed by atoms with Gasteiger partial charge in [0.2, 0.25) is 0 Å². The van der Waals surface area contributed by atoms with Crippen LogP contribution in [-0.2, 0) is 6.42 Å². The highest BCUT2D eigenvalue weighted by atomic mass is 14.1. The number of fused-ring (bicyclic) bond motifs is 1. The molecule has 3 aromatic carbocycles. The molecule has 0 heterocycles. The summed E-state index contributed by atoms with van der Waals surface area (Å²) in [6, 6.07) is 26.0. The molecule has 3 aromatic rings. The van der Waals surface area contributed by atoms with Crippen molar-refractivity contribution in [1.82, 2.24) is 0 Å². The van der Waals surface area contributed by atoms with Gasteiger partial charge in [0.1, 0.15) is 0 Å². The highest BCUT2D eigenvalue weighted by molar-refractivity contribution is 5.82. The van der Waals surface area contributed by atoms with E-state index in [1.54, 1.807) is 0 Å². The van der Waals surface area contributed by atoms with Crippen molar-refractivity contribution in [3.8, 4) is 0 Å². The Morgan fingerprint density at radius 1 is 0.750 bits per heavy atom. The minimum atomic E-state index is 1.10. The maximum Gasteiger partial charge on any atom is 0.00221 e. The van der Waals surface area contributed by atoms with Crippen LogP contribution in [0.4, 0.5) is 0 Å². The summed E-state index contributed by atoms with van der Waals surface area (Å²) in [5.41, 5.74) is 2.77. The normalized spacial score (nSPS) is 11.1. The van der Waals surface area contributed by atoms with Crippen molar-refractivity contribution in [1.29, 1.82) is 0 Å². The number of benzene rings is 3. The van der Waals surface area contributed by atoms with Crippen molar-refractivity contribution >= 4 is 10.8 Å². The van der Waals surface area contributed by atoms with Crippen molar-refractivity contribution in [2.24, 2.45) is 0 Å². The predicted octanol–water partition coefficient (Wildman–Crippen LogP) is 5.42. The number of rotatable bonds is 4. The van der Waals surface area contributed by atoms with Crippen LogP contribution in [0.5, 0.6) is 0 Å². The van der Waals surface area contributed by atoms with Gasteiger partial charge in [-0.1, -0.05) is 79.7 Å². The van der Waals surface area contributed by atoms with Gasteiger partial charge in [-0.25, -0.2) is 0 Å². The summed E-state index contributed by atoms with van der Waals surface area (Å²) in [5.74, 6) is 1.46. The van der Waals surface area contributed by atoms with Crippen molar-refractivity contribution in [3.05, 3.63) is 89.8 Å².